The molecule has 0 bridgehead atoms. The summed E-state index contributed by atoms with van der Waals surface area (Å²) >= 11 is 0.159. The van der Waals surface area contributed by atoms with Gasteiger partial charge in [0.25, 0.3) is 0 Å². The van der Waals surface area contributed by atoms with E-state index in [0.717, 1.165) is 12.5 Å². The summed E-state index contributed by atoms with van der Waals surface area (Å²) in [6.07, 6.45) is 0. The van der Waals surface area contributed by atoms with Gasteiger partial charge in [-0.1, -0.05) is 17.7 Å². The summed E-state index contributed by atoms with van der Waals surface area (Å²) in [4.78, 5) is 0. The fraction of sp³-hybridized carbons (Fsp3) is 0.333. The number of alkyl halides is 2. The van der Waals surface area contributed by atoms with Crippen LogP contribution in [0.25, 0.3) is 0 Å². The van der Waals surface area contributed by atoms with Crippen molar-refractivity contribution in [2.45, 2.75) is 19.1 Å². The molecular formula is C9H10F2OS. The van der Waals surface area contributed by atoms with E-state index in [9.17, 15) is 8.78 Å². The average Bonchev–Trinajstić information content (AvgIpc) is 2.02. The predicted molar refractivity (Wildman–Crippen MR) is 50.0 cm³/mol. The summed E-state index contributed by atoms with van der Waals surface area (Å²) in [5.74, 6) is 0.442. The lowest BCUT2D eigenvalue weighted by atomic mass is 10.2. The third kappa shape index (κ3) is 4.12. The van der Waals surface area contributed by atoms with Crippen LogP contribution in [-0.2, 0) is 0 Å². The van der Waals surface area contributed by atoms with Crippen LogP contribution in [0, 0.1) is 6.92 Å². The van der Waals surface area contributed by atoms with Crippen LogP contribution in [0.5, 0.6) is 5.75 Å². The number of hydrogen-bond donors (Lipinski definition) is 0. The summed E-state index contributed by atoms with van der Waals surface area (Å²) in [5, 5.41) is -2.86. The first-order valence-corrected chi connectivity index (χ1v) is 4.52. The van der Waals surface area contributed by atoms with Crippen molar-refractivity contribution in [3.63, 3.8) is 0 Å². The number of hydrogen-bond acceptors (Lipinski definition) is 2. The van der Waals surface area contributed by atoms with Gasteiger partial charge in [-0.2, -0.15) is 8.78 Å². The molecule has 0 aliphatic carbocycles. The van der Waals surface area contributed by atoms with Crippen molar-refractivity contribution in [1.29, 1.82) is 0 Å². The molecule has 1 aromatic rings. The van der Waals surface area contributed by atoms with E-state index in [1.54, 1.807) is 12.1 Å². The number of aryl methyl sites for hydroxylation is 1. The van der Waals surface area contributed by atoms with Crippen molar-refractivity contribution in [2.75, 3.05) is 0 Å². The van der Waals surface area contributed by atoms with Gasteiger partial charge in [0.05, 0.1) is 0 Å². The highest BCUT2D eigenvalue weighted by molar-refractivity contribution is 7.96. The summed E-state index contributed by atoms with van der Waals surface area (Å²) in [5.41, 5.74) is 1.07. The zero-order valence-electron chi connectivity index (χ0n) is 7.38. The number of halogens is 2. The molecule has 0 saturated heterocycles. The van der Waals surface area contributed by atoms with Crippen LogP contribution in [0.2, 0.25) is 0 Å². The summed E-state index contributed by atoms with van der Waals surface area (Å²) in [6, 6.07) is 6.94. The van der Waals surface area contributed by atoms with Crippen LogP contribution in [0.1, 0.15) is 12.5 Å². The van der Waals surface area contributed by atoms with Gasteiger partial charge in [0.1, 0.15) is 17.8 Å². The third-order valence-corrected chi connectivity index (χ3v) is 1.87. The molecule has 4 heteroatoms. The highest BCUT2D eigenvalue weighted by Gasteiger charge is 2.24. The first-order valence-electron chi connectivity index (χ1n) is 3.77. The average molecular weight is 204 g/mol. The largest absolute Gasteiger partial charge is 0.420 e. The van der Waals surface area contributed by atoms with E-state index in [4.69, 9.17) is 4.18 Å². The van der Waals surface area contributed by atoms with Crippen molar-refractivity contribution in [2.24, 2.45) is 0 Å². The summed E-state index contributed by atoms with van der Waals surface area (Å²) in [6.45, 7) is 2.72. The fourth-order valence-corrected chi connectivity index (χ4v) is 1.07. The van der Waals surface area contributed by atoms with Gasteiger partial charge in [-0.05, 0) is 19.1 Å². The van der Waals surface area contributed by atoms with E-state index in [2.05, 4.69) is 0 Å². The number of benzene rings is 1. The minimum absolute atomic E-state index is 0.159. The molecular weight excluding hydrogens is 194 g/mol. The Morgan fingerprint density at radius 1 is 1.23 bits per heavy atom. The van der Waals surface area contributed by atoms with Crippen LogP contribution in [0.15, 0.2) is 24.3 Å². The molecule has 1 aromatic carbocycles. The Bertz CT molecular complexity index is 266. The van der Waals surface area contributed by atoms with Crippen molar-refractivity contribution >= 4 is 12.0 Å². The van der Waals surface area contributed by atoms with Crippen molar-refractivity contribution < 1.29 is 13.0 Å². The van der Waals surface area contributed by atoms with Crippen molar-refractivity contribution in [3.05, 3.63) is 29.8 Å². The molecule has 0 saturated carbocycles. The van der Waals surface area contributed by atoms with Crippen molar-refractivity contribution in [1.82, 2.24) is 0 Å². The molecule has 0 fully saturated rings. The lowest BCUT2D eigenvalue weighted by molar-refractivity contribution is 0.123. The molecule has 72 valence electrons. The molecule has 0 radical (unpaired) electrons. The van der Waals surface area contributed by atoms with Gasteiger partial charge < -0.3 is 4.18 Å². The Hall–Kier alpha value is -0.770. The maximum absolute atomic E-state index is 12.3. The number of rotatable bonds is 3. The molecule has 1 nitrogen and oxygen atoms in total. The third-order valence-electron chi connectivity index (χ3n) is 1.31. The highest BCUT2D eigenvalue weighted by atomic mass is 32.2. The molecule has 13 heavy (non-hydrogen) atoms. The Morgan fingerprint density at radius 2 is 1.77 bits per heavy atom. The van der Waals surface area contributed by atoms with Crippen LogP contribution < -0.4 is 4.18 Å². The second-order valence-electron chi connectivity index (χ2n) is 2.79. The van der Waals surface area contributed by atoms with E-state index < -0.39 is 5.25 Å². The van der Waals surface area contributed by atoms with Gasteiger partial charge in [0, 0.05) is 6.92 Å². The van der Waals surface area contributed by atoms with Crippen LogP contribution >= 0.6 is 12.0 Å². The van der Waals surface area contributed by atoms with Gasteiger partial charge in [0.15, 0.2) is 0 Å². The van der Waals surface area contributed by atoms with E-state index in [-0.39, 0.29) is 12.0 Å². The summed E-state index contributed by atoms with van der Waals surface area (Å²) in [7, 11) is 0. The van der Waals surface area contributed by atoms with Crippen LogP contribution in [0.3, 0.4) is 0 Å². The van der Waals surface area contributed by atoms with Gasteiger partial charge in [-0.3, -0.25) is 0 Å². The molecule has 0 aliphatic rings. The van der Waals surface area contributed by atoms with Gasteiger partial charge in [0.2, 0.25) is 0 Å². The molecule has 0 N–H and O–H groups in total. The normalized spacial score (nSPS) is 11.4. The molecule has 0 atom stereocenters. The minimum atomic E-state index is -2.86. The Labute approximate surface area is 80.3 Å². The van der Waals surface area contributed by atoms with E-state index in [0.29, 0.717) is 5.75 Å². The fourth-order valence-electron chi connectivity index (χ4n) is 0.715. The summed E-state index contributed by atoms with van der Waals surface area (Å²) < 4.78 is 29.4. The molecule has 0 spiro atoms. The van der Waals surface area contributed by atoms with Crippen LogP contribution in [-0.4, -0.2) is 5.25 Å². The van der Waals surface area contributed by atoms with Crippen LogP contribution in [0.4, 0.5) is 8.78 Å². The zero-order valence-corrected chi connectivity index (χ0v) is 8.20. The van der Waals surface area contributed by atoms with Gasteiger partial charge in [-0.15, -0.1) is 0 Å². The first-order chi connectivity index (χ1) is 5.97. The Morgan fingerprint density at radius 3 is 2.23 bits per heavy atom. The maximum Gasteiger partial charge on any atom is 0.325 e. The molecule has 0 heterocycles. The Kier molecular flexibility index (Phi) is 3.14. The molecule has 0 amide bonds. The molecule has 0 unspecified atom stereocenters. The molecule has 1 rings (SSSR count). The van der Waals surface area contributed by atoms with E-state index >= 15 is 0 Å². The lowest BCUT2D eigenvalue weighted by Crippen LogP contribution is -2.04. The molecule has 0 aromatic heterocycles. The highest BCUT2D eigenvalue weighted by Crippen LogP contribution is 2.30. The van der Waals surface area contributed by atoms with Gasteiger partial charge in [-0.25, -0.2) is 0 Å². The predicted octanol–water partition coefficient (Wildman–Crippen LogP) is 3.63. The Balaban J connectivity index is 2.51. The maximum atomic E-state index is 12.3. The standard InChI is InChI=1S/C9H10F2OS/c1-7-3-5-8(6-4-7)12-13-9(2,10)11/h3-6H,1-2H3. The second kappa shape index (κ2) is 3.96. The van der Waals surface area contributed by atoms with E-state index in [1.165, 1.54) is 0 Å². The smallest absolute Gasteiger partial charge is 0.325 e. The van der Waals surface area contributed by atoms with Gasteiger partial charge >= 0.3 is 5.25 Å². The minimum Gasteiger partial charge on any atom is -0.420 e. The van der Waals surface area contributed by atoms with E-state index in [1.807, 2.05) is 19.1 Å². The first kappa shape index (κ1) is 10.3. The monoisotopic (exact) mass is 204 g/mol. The quantitative estimate of drug-likeness (QED) is 0.695. The lowest BCUT2D eigenvalue weighted by Gasteiger charge is -2.09. The second-order valence-corrected chi connectivity index (χ2v) is 3.84. The zero-order chi connectivity index (χ0) is 9.90. The molecule has 0 aliphatic heterocycles. The van der Waals surface area contributed by atoms with Crippen molar-refractivity contribution in [3.8, 4) is 5.75 Å². The topological polar surface area (TPSA) is 9.23 Å². The SMILES string of the molecule is Cc1ccc(OSC(C)(F)F)cc1.